The van der Waals surface area contributed by atoms with Crippen LogP contribution in [0.5, 0.6) is 5.75 Å². The van der Waals surface area contributed by atoms with Crippen LogP contribution in [-0.4, -0.2) is 65.6 Å². The van der Waals surface area contributed by atoms with Crippen LogP contribution in [0.25, 0.3) is 0 Å². The molecule has 1 N–H and O–H groups in total. The number of hydrogen-bond donors (Lipinski definition) is 1. The number of amides is 2. The highest BCUT2D eigenvalue weighted by Gasteiger charge is 2.54. The van der Waals surface area contributed by atoms with E-state index in [2.05, 4.69) is 11.8 Å². The average molecular weight is 467 g/mol. The molecule has 6 heteroatoms. The minimum atomic E-state index is -0.280. The Labute approximate surface area is 204 Å². The second-order valence-corrected chi connectivity index (χ2v) is 8.80. The second-order valence-electron chi connectivity index (χ2n) is 8.80. The second kappa shape index (κ2) is 9.65. The van der Waals surface area contributed by atoms with Gasteiger partial charge in [0.05, 0.1) is 25.8 Å². The van der Waals surface area contributed by atoms with Gasteiger partial charge < -0.3 is 19.6 Å². The highest BCUT2D eigenvalue weighted by atomic mass is 16.5. The van der Waals surface area contributed by atoms with Gasteiger partial charge >= 0.3 is 0 Å². The molecule has 0 aliphatic carbocycles. The van der Waals surface area contributed by atoms with Crippen molar-refractivity contribution in [3.63, 3.8) is 0 Å². The zero-order valence-electron chi connectivity index (χ0n) is 19.4. The van der Waals surface area contributed by atoms with Crippen molar-refractivity contribution in [2.45, 2.75) is 18.0 Å². The molecule has 0 aromatic heterocycles. The lowest BCUT2D eigenvalue weighted by Crippen LogP contribution is -2.73. The van der Waals surface area contributed by atoms with Crippen molar-refractivity contribution >= 4 is 11.8 Å². The van der Waals surface area contributed by atoms with Gasteiger partial charge in [0.2, 0.25) is 5.91 Å². The zero-order valence-corrected chi connectivity index (χ0v) is 19.4. The summed E-state index contributed by atoms with van der Waals surface area (Å²) in [6, 6.07) is 24.1. The molecule has 176 valence electrons. The number of aliphatic hydroxyl groups excluding tert-OH is 1. The van der Waals surface area contributed by atoms with Crippen LogP contribution < -0.4 is 4.74 Å². The predicted molar refractivity (Wildman–Crippen MR) is 132 cm³/mol. The average Bonchev–Trinajstić information content (AvgIpc) is 2.89. The summed E-state index contributed by atoms with van der Waals surface area (Å²) in [5.41, 5.74) is 3.38. The van der Waals surface area contributed by atoms with Gasteiger partial charge in [-0.25, -0.2) is 0 Å². The van der Waals surface area contributed by atoms with Gasteiger partial charge in [-0.3, -0.25) is 9.59 Å². The number of ether oxygens (including phenoxy) is 1. The van der Waals surface area contributed by atoms with Crippen LogP contribution in [0, 0.1) is 11.8 Å². The third-order valence-electron chi connectivity index (χ3n) is 6.80. The molecule has 0 unspecified atom stereocenters. The number of aliphatic hydroxyl groups is 1. The highest BCUT2D eigenvalue weighted by molar-refractivity contribution is 5.97. The van der Waals surface area contributed by atoms with Crippen molar-refractivity contribution in [3.05, 3.63) is 101 Å². The molecule has 0 spiro atoms. The van der Waals surface area contributed by atoms with Crippen LogP contribution in [-0.2, 0) is 4.79 Å². The van der Waals surface area contributed by atoms with Crippen LogP contribution in [0.15, 0.2) is 78.9 Å². The van der Waals surface area contributed by atoms with Crippen molar-refractivity contribution in [2.75, 3.05) is 26.8 Å². The Morgan fingerprint density at radius 1 is 0.971 bits per heavy atom. The van der Waals surface area contributed by atoms with Crippen molar-refractivity contribution in [2.24, 2.45) is 0 Å². The first-order chi connectivity index (χ1) is 17.1. The van der Waals surface area contributed by atoms with E-state index in [4.69, 9.17) is 4.74 Å². The lowest BCUT2D eigenvalue weighted by atomic mass is 9.73. The third-order valence-corrected chi connectivity index (χ3v) is 6.80. The summed E-state index contributed by atoms with van der Waals surface area (Å²) in [6.45, 7) is 0.367. The Morgan fingerprint density at radius 2 is 1.60 bits per heavy atom. The first-order valence-electron chi connectivity index (χ1n) is 11.6. The number of carbonyl (C=O) groups is 2. The quantitative estimate of drug-likeness (QED) is 0.601. The molecule has 2 heterocycles. The zero-order chi connectivity index (χ0) is 24.4. The number of methoxy groups -OCH3 is 1. The maximum absolute atomic E-state index is 13.0. The summed E-state index contributed by atoms with van der Waals surface area (Å²) in [5, 5.41) is 10.0. The van der Waals surface area contributed by atoms with Crippen molar-refractivity contribution in [1.82, 2.24) is 9.80 Å². The number of fused-ring (bicyclic) bond motifs is 1. The Morgan fingerprint density at radius 3 is 2.20 bits per heavy atom. The maximum Gasteiger partial charge on any atom is 0.254 e. The highest BCUT2D eigenvalue weighted by Crippen LogP contribution is 2.43. The monoisotopic (exact) mass is 466 g/mol. The van der Waals surface area contributed by atoms with Gasteiger partial charge in [0, 0.05) is 29.2 Å². The lowest BCUT2D eigenvalue weighted by molar-refractivity contribution is -0.159. The number of carbonyl (C=O) groups excluding carboxylic acids is 2. The fourth-order valence-corrected chi connectivity index (χ4v) is 5.02. The molecule has 0 radical (unpaired) electrons. The summed E-state index contributed by atoms with van der Waals surface area (Å²) in [5.74, 6) is 6.80. The SMILES string of the molecule is COc1ccc(C#Cc2ccc([C@@H]3[C@@H](CO)N4C(=O)CN(C(=O)c5ccccc5)C[C@@H]34)cc2)cc1. The molecule has 2 aliphatic heterocycles. The van der Waals surface area contributed by atoms with Crippen molar-refractivity contribution in [3.8, 4) is 17.6 Å². The topological polar surface area (TPSA) is 70.1 Å². The predicted octanol–water partition coefficient (Wildman–Crippen LogP) is 2.91. The van der Waals surface area contributed by atoms with E-state index in [1.807, 2.05) is 66.7 Å². The third kappa shape index (κ3) is 4.39. The molecule has 2 aliphatic rings. The summed E-state index contributed by atoms with van der Waals surface area (Å²) in [4.78, 5) is 29.2. The first kappa shape index (κ1) is 22.7. The van der Waals surface area contributed by atoms with E-state index in [0.29, 0.717) is 12.1 Å². The smallest absolute Gasteiger partial charge is 0.254 e. The summed E-state index contributed by atoms with van der Waals surface area (Å²) in [7, 11) is 1.63. The van der Waals surface area contributed by atoms with E-state index in [1.165, 1.54) is 0 Å². The van der Waals surface area contributed by atoms with Gasteiger partial charge in [-0.05, 0) is 54.1 Å². The molecule has 35 heavy (non-hydrogen) atoms. The maximum atomic E-state index is 13.0. The molecule has 5 rings (SSSR count). The summed E-state index contributed by atoms with van der Waals surface area (Å²) >= 11 is 0. The van der Waals surface area contributed by atoms with Gasteiger partial charge in [0.1, 0.15) is 12.3 Å². The molecule has 2 saturated heterocycles. The molecule has 0 saturated carbocycles. The number of rotatable bonds is 4. The van der Waals surface area contributed by atoms with Crippen LogP contribution >= 0.6 is 0 Å². The van der Waals surface area contributed by atoms with E-state index in [9.17, 15) is 14.7 Å². The van der Waals surface area contributed by atoms with Crippen LogP contribution in [0.4, 0.5) is 0 Å². The van der Waals surface area contributed by atoms with Crippen molar-refractivity contribution < 1.29 is 19.4 Å². The molecule has 6 nitrogen and oxygen atoms in total. The van der Waals surface area contributed by atoms with E-state index in [-0.39, 0.29) is 43.0 Å². The lowest BCUT2D eigenvalue weighted by Gasteiger charge is -2.58. The standard InChI is InChI=1S/C29H26N2O4/c1-35-24-15-11-21(12-16-24)8-7-20-9-13-22(14-10-20)28-25-17-30(18-27(33)31(25)26(28)19-32)29(34)23-5-3-2-4-6-23/h2-6,9-16,25-26,28,32H,17-19H2,1H3/t25-,26+,28-/m0/s1. The van der Waals surface area contributed by atoms with Crippen molar-refractivity contribution in [1.29, 1.82) is 0 Å². The van der Waals surface area contributed by atoms with E-state index in [0.717, 1.165) is 22.4 Å². The Hall–Kier alpha value is -4.08. The number of hydrogen-bond acceptors (Lipinski definition) is 4. The number of piperazine rings is 1. The van der Waals surface area contributed by atoms with Gasteiger partial charge in [-0.1, -0.05) is 42.2 Å². The van der Waals surface area contributed by atoms with Gasteiger partial charge in [-0.2, -0.15) is 0 Å². The van der Waals surface area contributed by atoms with Gasteiger partial charge in [-0.15, -0.1) is 0 Å². The first-order valence-corrected chi connectivity index (χ1v) is 11.6. The molecule has 3 aromatic rings. The largest absolute Gasteiger partial charge is 0.497 e. The summed E-state index contributed by atoms with van der Waals surface area (Å²) in [6.07, 6.45) is 0. The Bertz CT molecular complexity index is 1280. The minimum Gasteiger partial charge on any atom is -0.497 e. The Kier molecular flexibility index (Phi) is 6.26. The molecule has 3 atom stereocenters. The number of nitrogens with zero attached hydrogens (tertiary/aromatic N) is 2. The Balaban J connectivity index is 1.33. The molecule has 2 fully saturated rings. The van der Waals surface area contributed by atoms with Crippen LogP contribution in [0.2, 0.25) is 0 Å². The fraction of sp³-hybridized carbons (Fsp3) is 0.241. The fourth-order valence-electron chi connectivity index (χ4n) is 5.02. The van der Waals surface area contributed by atoms with E-state index < -0.39 is 0 Å². The molecular weight excluding hydrogens is 440 g/mol. The normalized spacial score (nSPS) is 20.9. The molecular formula is C29H26N2O4. The molecule has 3 aromatic carbocycles. The van der Waals surface area contributed by atoms with E-state index >= 15 is 0 Å². The number of benzene rings is 3. The minimum absolute atomic E-state index is 0.0351. The van der Waals surface area contributed by atoms with Gasteiger partial charge in [0.15, 0.2) is 0 Å². The van der Waals surface area contributed by atoms with Crippen LogP contribution in [0.3, 0.4) is 0 Å². The van der Waals surface area contributed by atoms with Gasteiger partial charge in [0.25, 0.3) is 5.91 Å². The van der Waals surface area contributed by atoms with Crippen LogP contribution in [0.1, 0.15) is 33.0 Å². The molecule has 0 bridgehead atoms. The summed E-state index contributed by atoms with van der Waals surface area (Å²) < 4.78 is 5.18. The molecule has 2 amide bonds. The van der Waals surface area contributed by atoms with E-state index in [1.54, 1.807) is 29.0 Å².